The van der Waals surface area contributed by atoms with Crippen molar-refractivity contribution >= 4 is 0 Å². The molecule has 4 rings (SSSR count). The van der Waals surface area contributed by atoms with Gasteiger partial charge in [-0.05, 0) is 36.8 Å². The van der Waals surface area contributed by atoms with Gasteiger partial charge in [0, 0.05) is 24.5 Å². The molecular formula is C20H17F2N5O. The van der Waals surface area contributed by atoms with Crippen LogP contribution in [0.2, 0.25) is 0 Å². The molecular weight excluding hydrogens is 364 g/mol. The second-order valence-corrected chi connectivity index (χ2v) is 6.42. The fourth-order valence-electron chi connectivity index (χ4n) is 2.98. The molecule has 0 N–H and O–H groups in total. The Balaban J connectivity index is 1.57. The predicted octanol–water partition coefficient (Wildman–Crippen LogP) is 2.91. The van der Waals surface area contributed by atoms with Gasteiger partial charge in [-0.1, -0.05) is 18.2 Å². The third kappa shape index (κ3) is 3.36. The Kier molecular flexibility index (Phi) is 4.60. The summed E-state index contributed by atoms with van der Waals surface area (Å²) in [6.45, 7) is 2.37. The van der Waals surface area contributed by atoms with Gasteiger partial charge in [0.1, 0.15) is 23.8 Å². The highest BCUT2D eigenvalue weighted by Gasteiger charge is 2.13. The molecule has 0 aliphatic carbocycles. The monoisotopic (exact) mass is 381 g/mol. The summed E-state index contributed by atoms with van der Waals surface area (Å²) < 4.78 is 32.1. The number of rotatable bonds is 5. The fraction of sp³-hybridized carbons (Fsp3) is 0.150. The highest BCUT2D eigenvalue weighted by atomic mass is 19.1. The van der Waals surface area contributed by atoms with Crippen molar-refractivity contribution in [2.45, 2.75) is 20.0 Å². The van der Waals surface area contributed by atoms with Crippen LogP contribution in [0.15, 0.2) is 66.0 Å². The maximum Gasteiger partial charge on any atom is 0.350 e. The zero-order valence-corrected chi connectivity index (χ0v) is 15.1. The van der Waals surface area contributed by atoms with Crippen molar-refractivity contribution in [1.29, 1.82) is 0 Å². The van der Waals surface area contributed by atoms with Crippen molar-refractivity contribution in [3.05, 3.63) is 100 Å². The van der Waals surface area contributed by atoms with Gasteiger partial charge in [-0.15, -0.1) is 0 Å². The highest BCUT2D eigenvalue weighted by molar-refractivity contribution is 5.33. The van der Waals surface area contributed by atoms with Crippen LogP contribution in [0, 0.1) is 18.6 Å². The van der Waals surface area contributed by atoms with Crippen LogP contribution in [-0.4, -0.2) is 23.9 Å². The summed E-state index contributed by atoms with van der Waals surface area (Å²) in [6.07, 6.45) is 4.92. The summed E-state index contributed by atoms with van der Waals surface area (Å²) >= 11 is 0. The van der Waals surface area contributed by atoms with E-state index in [1.807, 2.05) is 29.8 Å². The SMILES string of the molecule is Cc1nccn1Cc1ccc(-n2ncn(Cc3c(F)cccc3F)c2=O)cc1. The summed E-state index contributed by atoms with van der Waals surface area (Å²) in [7, 11) is 0. The lowest BCUT2D eigenvalue weighted by Crippen LogP contribution is -2.24. The number of hydrogen-bond acceptors (Lipinski definition) is 3. The fourth-order valence-corrected chi connectivity index (χ4v) is 2.98. The van der Waals surface area contributed by atoms with E-state index in [1.54, 1.807) is 18.3 Å². The molecule has 0 unspecified atom stereocenters. The second-order valence-electron chi connectivity index (χ2n) is 6.42. The third-order valence-corrected chi connectivity index (χ3v) is 4.58. The first kappa shape index (κ1) is 17.8. The van der Waals surface area contributed by atoms with E-state index >= 15 is 0 Å². The topological polar surface area (TPSA) is 57.6 Å². The number of benzene rings is 2. The first-order valence-electron chi connectivity index (χ1n) is 8.67. The molecule has 0 fully saturated rings. The first-order chi connectivity index (χ1) is 13.5. The largest absolute Gasteiger partial charge is 0.350 e. The van der Waals surface area contributed by atoms with Gasteiger partial charge >= 0.3 is 5.69 Å². The zero-order valence-electron chi connectivity index (χ0n) is 15.1. The average Bonchev–Trinajstić information content (AvgIpc) is 3.25. The molecule has 8 heteroatoms. The van der Waals surface area contributed by atoms with E-state index in [4.69, 9.17) is 0 Å². The molecule has 2 aromatic carbocycles. The molecule has 0 amide bonds. The van der Waals surface area contributed by atoms with Crippen LogP contribution in [0.1, 0.15) is 17.0 Å². The highest BCUT2D eigenvalue weighted by Crippen LogP contribution is 2.13. The van der Waals surface area contributed by atoms with Gasteiger partial charge in [-0.25, -0.2) is 18.6 Å². The van der Waals surface area contributed by atoms with Crippen LogP contribution >= 0.6 is 0 Å². The van der Waals surface area contributed by atoms with Gasteiger partial charge in [-0.3, -0.25) is 4.57 Å². The molecule has 0 spiro atoms. The molecule has 0 bridgehead atoms. The van der Waals surface area contributed by atoms with Crippen LogP contribution in [-0.2, 0) is 13.1 Å². The quantitative estimate of drug-likeness (QED) is 0.534. The minimum atomic E-state index is -0.696. The van der Waals surface area contributed by atoms with Crippen molar-refractivity contribution in [3.63, 3.8) is 0 Å². The summed E-state index contributed by atoms with van der Waals surface area (Å²) in [5, 5.41) is 4.07. The lowest BCUT2D eigenvalue weighted by Gasteiger charge is -2.07. The third-order valence-electron chi connectivity index (χ3n) is 4.58. The molecule has 6 nitrogen and oxygen atoms in total. The van der Waals surface area contributed by atoms with E-state index in [0.29, 0.717) is 12.2 Å². The van der Waals surface area contributed by atoms with Gasteiger partial charge in [0.05, 0.1) is 12.2 Å². The van der Waals surface area contributed by atoms with Crippen LogP contribution < -0.4 is 5.69 Å². The van der Waals surface area contributed by atoms with Crippen molar-refractivity contribution in [2.24, 2.45) is 0 Å². The first-order valence-corrected chi connectivity index (χ1v) is 8.67. The molecule has 0 saturated carbocycles. The number of nitrogens with zero attached hydrogens (tertiary/aromatic N) is 5. The van der Waals surface area contributed by atoms with Crippen LogP contribution in [0.25, 0.3) is 5.69 Å². The van der Waals surface area contributed by atoms with Crippen molar-refractivity contribution < 1.29 is 8.78 Å². The van der Waals surface area contributed by atoms with E-state index in [2.05, 4.69) is 10.1 Å². The Labute approximate surface area is 159 Å². The number of aryl methyl sites for hydroxylation is 1. The molecule has 4 aromatic rings. The van der Waals surface area contributed by atoms with Crippen molar-refractivity contribution in [3.8, 4) is 5.69 Å². The molecule has 0 saturated heterocycles. The van der Waals surface area contributed by atoms with Gasteiger partial charge < -0.3 is 4.57 Å². The van der Waals surface area contributed by atoms with Gasteiger partial charge in [0.15, 0.2) is 0 Å². The van der Waals surface area contributed by atoms with E-state index in [0.717, 1.165) is 23.5 Å². The van der Waals surface area contributed by atoms with Crippen molar-refractivity contribution in [1.82, 2.24) is 23.9 Å². The van der Waals surface area contributed by atoms with Gasteiger partial charge in [-0.2, -0.15) is 9.78 Å². The van der Waals surface area contributed by atoms with Crippen LogP contribution in [0.4, 0.5) is 8.78 Å². The summed E-state index contributed by atoms with van der Waals surface area (Å²) in [5.41, 5.74) is 0.977. The minimum absolute atomic E-state index is 0.171. The molecule has 28 heavy (non-hydrogen) atoms. The molecule has 0 aliphatic heterocycles. The lowest BCUT2D eigenvalue weighted by atomic mass is 10.2. The normalized spacial score (nSPS) is 11.1. The van der Waals surface area contributed by atoms with E-state index in [1.165, 1.54) is 21.6 Å². The maximum atomic E-state index is 13.8. The summed E-state index contributed by atoms with van der Waals surface area (Å²) in [5.74, 6) is -0.475. The maximum absolute atomic E-state index is 13.8. The minimum Gasteiger partial charge on any atom is -0.331 e. The number of imidazole rings is 1. The molecule has 2 heterocycles. The van der Waals surface area contributed by atoms with Crippen LogP contribution in [0.3, 0.4) is 0 Å². The van der Waals surface area contributed by atoms with E-state index in [-0.39, 0.29) is 12.1 Å². The van der Waals surface area contributed by atoms with E-state index < -0.39 is 17.3 Å². The average molecular weight is 381 g/mol. The standard InChI is InChI=1S/C20H17F2N5O/c1-14-23-9-10-25(14)11-15-5-7-16(8-6-15)27-20(28)26(13-24-27)12-17-18(21)3-2-4-19(17)22/h2-10,13H,11-12H2,1H3. The lowest BCUT2D eigenvalue weighted by molar-refractivity contribution is 0.541. The van der Waals surface area contributed by atoms with Crippen LogP contribution in [0.5, 0.6) is 0 Å². The predicted molar refractivity (Wildman–Crippen MR) is 99.4 cm³/mol. The summed E-state index contributed by atoms with van der Waals surface area (Å²) in [6, 6.07) is 11.0. The Hall–Kier alpha value is -3.55. The van der Waals surface area contributed by atoms with Gasteiger partial charge in [0.2, 0.25) is 0 Å². The zero-order chi connectivity index (χ0) is 19.7. The number of hydrogen-bond donors (Lipinski definition) is 0. The van der Waals surface area contributed by atoms with E-state index in [9.17, 15) is 13.6 Å². The smallest absolute Gasteiger partial charge is 0.331 e. The molecule has 0 atom stereocenters. The Morgan fingerprint density at radius 3 is 2.32 bits per heavy atom. The van der Waals surface area contributed by atoms with Crippen molar-refractivity contribution in [2.75, 3.05) is 0 Å². The Morgan fingerprint density at radius 2 is 1.68 bits per heavy atom. The Bertz CT molecular complexity index is 1150. The number of aromatic nitrogens is 5. The van der Waals surface area contributed by atoms with Gasteiger partial charge in [0.25, 0.3) is 0 Å². The summed E-state index contributed by atoms with van der Waals surface area (Å²) in [4.78, 5) is 16.8. The number of halogens is 2. The molecule has 0 aliphatic rings. The molecule has 142 valence electrons. The Morgan fingerprint density at radius 1 is 0.964 bits per heavy atom. The molecule has 0 radical (unpaired) electrons. The second kappa shape index (κ2) is 7.22. The molecule has 2 aromatic heterocycles.